The van der Waals surface area contributed by atoms with Gasteiger partial charge in [-0.1, -0.05) is 0 Å². The number of hydrogen-bond acceptors (Lipinski definition) is 5. The summed E-state index contributed by atoms with van der Waals surface area (Å²) in [6, 6.07) is 2.20. The highest BCUT2D eigenvalue weighted by Gasteiger charge is 2.10. The zero-order valence-corrected chi connectivity index (χ0v) is 7.93. The number of hydrogen-bond donors (Lipinski definition) is 0. The molecular formula is C9H13N3O2. The maximum absolute atomic E-state index is 5.39. The summed E-state index contributed by atoms with van der Waals surface area (Å²) >= 11 is 0. The van der Waals surface area contributed by atoms with Crippen molar-refractivity contribution in [3.05, 3.63) is 18.5 Å². The first kappa shape index (κ1) is 9.36. The van der Waals surface area contributed by atoms with E-state index in [-0.39, 0.29) is 0 Å². The average molecular weight is 195 g/mol. The quantitative estimate of drug-likeness (QED) is 0.686. The first-order chi connectivity index (χ1) is 6.95. The molecule has 5 nitrogen and oxygen atoms in total. The lowest BCUT2D eigenvalue weighted by Gasteiger charge is -2.25. The maximum Gasteiger partial charge on any atom is 0.317 e. The summed E-state index contributed by atoms with van der Waals surface area (Å²) in [4.78, 5) is 10.1. The average Bonchev–Trinajstić information content (AvgIpc) is 2.29. The van der Waals surface area contributed by atoms with E-state index in [0.717, 1.165) is 26.3 Å². The van der Waals surface area contributed by atoms with Crippen LogP contribution in [0.2, 0.25) is 0 Å². The van der Waals surface area contributed by atoms with E-state index in [4.69, 9.17) is 9.47 Å². The molecule has 1 aliphatic heterocycles. The number of rotatable bonds is 3. The molecule has 0 radical (unpaired) electrons. The molecule has 2 rings (SSSR count). The molecule has 1 aliphatic rings. The van der Waals surface area contributed by atoms with Crippen LogP contribution < -0.4 is 4.74 Å². The molecular weight excluding hydrogens is 182 g/mol. The van der Waals surface area contributed by atoms with Crippen LogP contribution in [0.15, 0.2) is 18.5 Å². The van der Waals surface area contributed by atoms with Gasteiger partial charge in [-0.2, -0.15) is 0 Å². The highest BCUT2D eigenvalue weighted by atomic mass is 16.5. The van der Waals surface area contributed by atoms with E-state index in [0.29, 0.717) is 12.7 Å². The minimum atomic E-state index is 0.430. The molecule has 1 aromatic heterocycles. The first-order valence-corrected chi connectivity index (χ1v) is 4.65. The monoisotopic (exact) mass is 195 g/mol. The van der Waals surface area contributed by atoms with Crippen LogP contribution in [0.4, 0.5) is 0 Å². The smallest absolute Gasteiger partial charge is 0.317 e. The maximum atomic E-state index is 5.39. The zero-order valence-electron chi connectivity index (χ0n) is 7.93. The van der Waals surface area contributed by atoms with Crippen LogP contribution in [0.3, 0.4) is 0 Å². The van der Waals surface area contributed by atoms with Gasteiger partial charge in [0.1, 0.15) is 6.73 Å². The predicted molar refractivity (Wildman–Crippen MR) is 49.9 cm³/mol. The SMILES string of the molecule is c1cnc(OCN2CCOCC2)nc1. The molecule has 76 valence electrons. The van der Waals surface area contributed by atoms with Crippen LogP contribution in [0, 0.1) is 0 Å². The van der Waals surface area contributed by atoms with Crippen molar-refractivity contribution in [1.29, 1.82) is 0 Å². The topological polar surface area (TPSA) is 47.5 Å². The van der Waals surface area contributed by atoms with Crippen LogP contribution in [0.25, 0.3) is 0 Å². The summed E-state index contributed by atoms with van der Waals surface area (Å²) in [6.07, 6.45) is 3.34. The van der Waals surface area contributed by atoms with E-state index in [2.05, 4.69) is 14.9 Å². The molecule has 0 amide bonds. The number of ether oxygens (including phenoxy) is 2. The van der Waals surface area contributed by atoms with Crippen molar-refractivity contribution in [2.75, 3.05) is 33.0 Å². The molecule has 14 heavy (non-hydrogen) atoms. The molecule has 0 atom stereocenters. The lowest BCUT2D eigenvalue weighted by Crippen LogP contribution is -2.38. The van der Waals surface area contributed by atoms with Crippen molar-refractivity contribution < 1.29 is 9.47 Å². The summed E-state index contributed by atoms with van der Waals surface area (Å²) in [5.74, 6) is 0. The number of nitrogens with zero attached hydrogens (tertiary/aromatic N) is 3. The van der Waals surface area contributed by atoms with Gasteiger partial charge in [0.25, 0.3) is 0 Å². The van der Waals surface area contributed by atoms with Crippen molar-refractivity contribution in [3.63, 3.8) is 0 Å². The summed E-state index contributed by atoms with van der Waals surface area (Å²) in [6.45, 7) is 3.91. The highest BCUT2D eigenvalue weighted by molar-refractivity contribution is 4.92. The normalized spacial score (nSPS) is 18.0. The van der Waals surface area contributed by atoms with Crippen LogP contribution in [-0.4, -0.2) is 47.9 Å². The third kappa shape index (κ3) is 2.65. The van der Waals surface area contributed by atoms with Gasteiger partial charge in [0.15, 0.2) is 0 Å². The Bertz CT molecular complexity index is 262. The molecule has 1 aromatic rings. The second-order valence-corrected chi connectivity index (χ2v) is 3.04. The molecule has 0 spiro atoms. The van der Waals surface area contributed by atoms with Crippen LogP contribution >= 0.6 is 0 Å². The van der Waals surface area contributed by atoms with Crippen LogP contribution in [0.5, 0.6) is 6.01 Å². The summed E-state index contributed by atoms with van der Waals surface area (Å²) in [7, 11) is 0. The second kappa shape index (κ2) is 4.88. The molecule has 5 heteroatoms. The van der Waals surface area contributed by atoms with Gasteiger partial charge in [-0.25, -0.2) is 9.97 Å². The van der Waals surface area contributed by atoms with E-state index in [1.807, 2.05) is 0 Å². The molecule has 1 saturated heterocycles. The Balaban J connectivity index is 1.76. The third-order valence-corrected chi connectivity index (χ3v) is 2.02. The van der Waals surface area contributed by atoms with Crippen molar-refractivity contribution in [2.45, 2.75) is 0 Å². The molecule has 0 unspecified atom stereocenters. The summed E-state index contributed by atoms with van der Waals surface area (Å²) in [5.41, 5.74) is 0. The van der Waals surface area contributed by atoms with Gasteiger partial charge in [0.2, 0.25) is 0 Å². The Kier molecular flexibility index (Phi) is 3.26. The Hall–Kier alpha value is -1.20. The van der Waals surface area contributed by atoms with E-state index in [1.165, 1.54) is 0 Å². The van der Waals surface area contributed by atoms with Crippen molar-refractivity contribution in [3.8, 4) is 6.01 Å². The standard InChI is InChI=1S/C9H13N3O2/c1-2-10-9(11-3-1)14-8-12-4-6-13-7-5-12/h1-3H,4-8H2. The predicted octanol–water partition coefficient (Wildman–Crippen LogP) is 0.145. The van der Waals surface area contributed by atoms with E-state index >= 15 is 0 Å². The van der Waals surface area contributed by atoms with Gasteiger partial charge in [0.05, 0.1) is 13.2 Å². The molecule has 0 aromatic carbocycles. The molecule has 0 saturated carbocycles. The van der Waals surface area contributed by atoms with Crippen molar-refractivity contribution >= 4 is 0 Å². The van der Waals surface area contributed by atoms with Gasteiger partial charge >= 0.3 is 6.01 Å². The summed E-state index contributed by atoms with van der Waals surface area (Å²) in [5, 5.41) is 0. The minimum Gasteiger partial charge on any atom is -0.447 e. The minimum absolute atomic E-state index is 0.430. The first-order valence-electron chi connectivity index (χ1n) is 4.65. The Morgan fingerprint density at radius 1 is 1.29 bits per heavy atom. The van der Waals surface area contributed by atoms with Gasteiger partial charge in [-0.15, -0.1) is 0 Å². The van der Waals surface area contributed by atoms with E-state index in [9.17, 15) is 0 Å². The zero-order chi connectivity index (χ0) is 9.64. The third-order valence-electron chi connectivity index (χ3n) is 2.02. The fourth-order valence-corrected chi connectivity index (χ4v) is 1.24. The molecule has 0 bridgehead atoms. The molecule has 2 heterocycles. The van der Waals surface area contributed by atoms with E-state index in [1.54, 1.807) is 18.5 Å². The summed E-state index contributed by atoms with van der Waals surface area (Å²) < 4.78 is 10.6. The largest absolute Gasteiger partial charge is 0.447 e. The number of morpholine rings is 1. The Morgan fingerprint density at radius 2 is 2.00 bits per heavy atom. The van der Waals surface area contributed by atoms with Gasteiger partial charge in [0, 0.05) is 25.5 Å². The Labute approximate surface area is 82.7 Å². The van der Waals surface area contributed by atoms with Gasteiger partial charge in [-0.3, -0.25) is 4.90 Å². The van der Waals surface area contributed by atoms with Crippen molar-refractivity contribution in [1.82, 2.24) is 14.9 Å². The lowest BCUT2D eigenvalue weighted by molar-refractivity contribution is 0.00184. The van der Waals surface area contributed by atoms with Gasteiger partial charge in [-0.05, 0) is 6.07 Å². The fourth-order valence-electron chi connectivity index (χ4n) is 1.24. The van der Waals surface area contributed by atoms with Crippen LogP contribution in [-0.2, 0) is 4.74 Å². The van der Waals surface area contributed by atoms with Crippen LogP contribution in [0.1, 0.15) is 0 Å². The highest BCUT2D eigenvalue weighted by Crippen LogP contribution is 2.01. The van der Waals surface area contributed by atoms with Gasteiger partial charge < -0.3 is 9.47 Å². The van der Waals surface area contributed by atoms with E-state index < -0.39 is 0 Å². The van der Waals surface area contributed by atoms with Crippen molar-refractivity contribution in [2.24, 2.45) is 0 Å². The molecule has 1 fully saturated rings. The lowest BCUT2D eigenvalue weighted by atomic mass is 10.5. The molecule has 0 N–H and O–H groups in total. The number of aromatic nitrogens is 2. The fraction of sp³-hybridized carbons (Fsp3) is 0.556. The molecule has 0 aliphatic carbocycles. The Morgan fingerprint density at radius 3 is 2.71 bits per heavy atom. The second-order valence-electron chi connectivity index (χ2n) is 3.04.